The van der Waals surface area contributed by atoms with Crippen molar-refractivity contribution >= 4 is 22.9 Å². The van der Waals surface area contributed by atoms with E-state index in [1.807, 2.05) is 23.6 Å². The van der Waals surface area contributed by atoms with Crippen LogP contribution in [0.5, 0.6) is 0 Å². The fraction of sp³-hybridized carbons (Fsp3) is 0.167. The molecule has 0 saturated carbocycles. The van der Waals surface area contributed by atoms with E-state index >= 15 is 0 Å². The van der Waals surface area contributed by atoms with Crippen molar-refractivity contribution in [3.05, 3.63) is 56.7 Å². The number of hydrogen-bond donors (Lipinski definition) is 2. The molecule has 1 heterocycles. The highest BCUT2D eigenvalue weighted by atomic mass is 35.5. The summed E-state index contributed by atoms with van der Waals surface area (Å²) in [4.78, 5) is 1.05. The number of nitrogens with one attached hydrogen (secondary N) is 1. The Kier molecular flexibility index (Phi) is 3.61. The number of aryl methyl sites for hydroxylation is 1. The zero-order valence-corrected chi connectivity index (χ0v) is 10.5. The molecule has 2 nitrogen and oxygen atoms in total. The number of nitrogens with two attached hydrogens (primary N) is 1. The van der Waals surface area contributed by atoms with E-state index in [2.05, 4.69) is 24.5 Å². The first-order valence-electron chi connectivity index (χ1n) is 4.98. The molecule has 3 N–H and O–H groups in total. The van der Waals surface area contributed by atoms with Crippen molar-refractivity contribution < 1.29 is 0 Å². The maximum absolute atomic E-state index is 6.12. The molecule has 0 amide bonds. The second kappa shape index (κ2) is 4.97. The van der Waals surface area contributed by atoms with Gasteiger partial charge in [0.1, 0.15) is 0 Å². The molecule has 2 aromatic rings. The summed E-state index contributed by atoms with van der Waals surface area (Å²) in [6.07, 6.45) is 0. The standard InChI is InChI=1S/C12H13ClN2S/c1-8-3-2-4-9(7-8)11(15-14)12-10(13)5-6-16-12/h2-7,11,15H,14H2,1H3. The third-order valence-corrected chi connectivity index (χ3v) is 3.87. The van der Waals surface area contributed by atoms with Gasteiger partial charge in [0.2, 0.25) is 0 Å². The maximum atomic E-state index is 6.12. The van der Waals surface area contributed by atoms with Gasteiger partial charge in [0.25, 0.3) is 0 Å². The summed E-state index contributed by atoms with van der Waals surface area (Å²) in [5.74, 6) is 5.61. The molecule has 1 atom stereocenters. The van der Waals surface area contributed by atoms with Gasteiger partial charge in [0.05, 0.1) is 11.1 Å². The minimum absolute atomic E-state index is 0.0348. The molecular weight excluding hydrogens is 240 g/mol. The number of hydrogen-bond acceptors (Lipinski definition) is 3. The summed E-state index contributed by atoms with van der Waals surface area (Å²) in [5, 5.41) is 2.73. The highest BCUT2D eigenvalue weighted by Gasteiger charge is 2.16. The quantitative estimate of drug-likeness (QED) is 0.650. The molecule has 1 aromatic carbocycles. The lowest BCUT2D eigenvalue weighted by Crippen LogP contribution is -2.28. The van der Waals surface area contributed by atoms with Gasteiger partial charge < -0.3 is 0 Å². The van der Waals surface area contributed by atoms with Crippen LogP contribution in [0.3, 0.4) is 0 Å². The summed E-state index contributed by atoms with van der Waals surface area (Å²) in [7, 11) is 0. The van der Waals surface area contributed by atoms with E-state index in [0.717, 1.165) is 15.5 Å². The molecule has 0 spiro atoms. The number of rotatable bonds is 3. The number of halogens is 1. The Hall–Kier alpha value is -0.870. The molecule has 0 saturated heterocycles. The van der Waals surface area contributed by atoms with Gasteiger partial charge in [-0.2, -0.15) is 0 Å². The van der Waals surface area contributed by atoms with Crippen LogP contribution in [-0.2, 0) is 0 Å². The van der Waals surface area contributed by atoms with Crippen molar-refractivity contribution in [3.63, 3.8) is 0 Å². The van der Waals surface area contributed by atoms with E-state index < -0.39 is 0 Å². The van der Waals surface area contributed by atoms with Crippen LogP contribution in [0.25, 0.3) is 0 Å². The Balaban J connectivity index is 2.40. The number of thiophene rings is 1. The minimum atomic E-state index is -0.0348. The second-order valence-corrected chi connectivity index (χ2v) is 5.00. The molecule has 1 aromatic heterocycles. The van der Waals surface area contributed by atoms with Crippen LogP contribution in [-0.4, -0.2) is 0 Å². The van der Waals surface area contributed by atoms with E-state index in [1.165, 1.54) is 5.56 Å². The zero-order chi connectivity index (χ0) is 11.5. The van der Waals surface area contributed by atoms with Crippen molar-refractivity contribution in [1.29, 1.82) is 0 Å². The monoisotopic (exact) mass is 252 g/mol. The zero-order valence-electron chi connectivity index (χ0n) is 8.91. The second-order valence-electron chi connectivity index (χ2n) is 3.65. The Labute approximate surface area is 104 Å². The highest BCUT2D eigenvalue weighted by Crippen LogP contribution is 2.32. The maximum Gasteiger partial charge on any atom is 0.0817 e. The van der Waals surface area contributed by atoms with Gasteiger partial charge in [0.15, 0.2) is 0 Å². The Morgan fingerprint density at radius 1 is 1.38 bits per heavy atom. The highest BCUT2D eigenvalue weighted by molar-refractivity contribution is 7.10. The molecule has 0 radical (unpaired) electrons. The van der Waals surface area contributed by atoms with Crippen LogP contribution in [0.15, 0.2) is 35.7 Å². The Morgan fingerprint density at radius 3 is 2.75 bits per heavy atom. The molecule has 0 aliphatic heterocycles. The van der Waals surface area contributed by atoms with Crippen molar-refractivity contribution in [2.75, 3.05) is 0 Å². The summed E-state index contributed by atoms with van der Waals surface area (Å²) < 4.78 is 0. The summed E-state index contributed by atoms with van der Waals surface area (Å²) >= 11 is 7.73. The van der Waals surface area contributed by atoms with Crippen molar-refractivity contribution in [2.24, 2.45) is 5.84 Å². The predicted molar refractivity (Wildman–Crippen MR) is 69.7 cm³/mol. The third kappa shape index (κ3) is 2.28. The SMILES string of the molecule is Cc1cccc(C(NN)c2sccc2Cl)c1. The molecule has 4 heteroatoms. The Bertz CT molecular complexity index is 481. The molecule has 1 unspecified atom stereocenters. The largest absolute Gasteiger partial charge is 0.271 e. The fourth-order valence-electron chi connectivity index (χ4n) is 1.68. The van der Waals surface area contributed by atoms with Gasteiger partial charge >= 0.3 is 0 Å². The average molecular weight is 253 g/mol. The Morgan fingerprint density at radius 2 is 2.19 bits per heavy atom. The molecule has 16 heavy (non-hydrogen) atoms. The fourth-order valence-corrected chi connectivity index (χ4v) is 2.94. The van der Waals surface area contributed by atoms with E-state index in [0.29, 0.717) is 0 Å². The lowest BCUT2D eigenvalue weighted by molar-refractivity contribution is 0.646. The molecule has 0 bridgehead atoms. The third-order valence-electron chi connectivity index (χ3n) is 2.45. The summed E-state index contributed by atoms with van der Waals surface area (Å²) in [6, 6.07) is 10.1. The van der Waals surface area contributed by atoms with Gasteiger partial charge in [-0.1, -0.05) is 41.4 Å². The molecule has 84 valence electrons. The van der Waals surface area contributed by atoms with Gasteiger partial charge in [-0.05, 0) is 23.9 Å². The van der Waals surface area contributed by atoms with Gasteiger partial charge in [-0.15, -0.1) is 11.3 Å². The van der Waals surface area contributed by atoms with Gasteiger partial charge in [-0.25, -0.2) is 5.43 Å². The summed E-state index contributed by atoms with van der Waals surface area (Å²) in [6.45, 7) is 2.06. The smallest absolute Gasteiger partial charge is 0.0817 e. The van der Waals surface area contributed by atoms with Gasteiger partial charge in [-0.3, -0.25) is 5.84 Å². The first-order valence-corrected chi connectivity index (χ1v) is 6.23. The number of hydrazine groups is 1. The molecule has 0 fully saturated rings. The normalized spacial score (nSPS) is 12.7. The van der Waals surface area contributed by atoms with E-state index in [4.69, 9.17) is 17.4 Å². The van der Waals surface area contributed by atoms with E-state index in [1.54, 1.807) is 11.3 Å². The first-order chi connectivity index (χ1) is 7.72. The molecule has 0 aliphatic rings. The van der Waals surface area contributed by atoms with E-state index in [9.17, 15) is 0 Å². The minimum Gasteiger partial charge on any atom is -0.271 e. The van der Waals surface area contributed by atoms with Crippen molar-refractivity contribution in [3.8, 4) is 0 Å². The van der Waals surface area contributed by atoms with E-state index in [-0.39, 0.29) is 6.04 Å². The van der Waals surface area contributed by atoms with Crippen LogP contribution >= 0.6 is 22.9 Å². The summed E-state index contributed by atoms with van der Waals surface area (Å²) in [5.41, 5.74) is 5.16. The average Bonchev–Trinajstić information content (AvgIpc) is 2.67. The van der Waals surface area contributed by atoms with Crippen LogP contribution in [0.4, 0.5) is 0 Å². The topological polar surface area (TPSA) is 38.0 Å². The molecular formula is C12H13ClN2S. The van der Waals surface area contributed by atoms with Crippen LogP contribution in [0, 0.1) is 6.92 Å². The van der Waals surface area contributed by atoms with Crippen molar-refractivity contribution in [2.45, 2.75) is 13.0 Å². The first kappa shape index (κ1) is 11.6. The molecule has 0 aliphatic carbocycles. The van der Waals surface area contributed by atoms with Crippen LogP contribution in [0.1, 0.15) is 22.0 Å². The van der Waals surface area contributed by atoms with Crippen molar-refractivity contribution in [1.82, 2.24) is 5.43 Å². The lowest BCUT2D eigenvalue weighted by Gasteiger charge is -2.15. The van der Waals surface area contributed by atoms with Crippen LogP contribution in [0.2, 0.25) is 5.02 Å². The number of benzene rings is 1. The molecule has 2 rings (SSSR count). The van der Waals surface area contributed by atoms with Crippen LogP contribution < -0.4 is 11.3 Å². The predicted octanol–water partition coefficient (Wildman–Crippen LogP) is 3.26. The van der Waals surface area contributed by atoms with Gasteiger partial charge in [0, 0.05) is 4.88 Å². The lowest BCUT2D eigenvalue weighted by atomic mass is 10.0.